The fraction of sp³-hybridized carbons (Fsp3) is 0.300. The Hall–Kier alpha value is -2.53. The molecule has 0 saturated heterocycles. The molecule has 6 heteroatoms. The van der Waals surface area contributed by atoms with Crippen LogP contribution in [0.5, 0.6) is 5.75 Å². The maximum Gasteiger partial charge on any atom is 0.338 e. The van der Waals surface area contributed by atoms with Crippen LogP contribution in [-0.2, 0) is 9.53 Å². The van der Waals surface area contributed by atoms with Crippen LogP contribution in [0.2, 0.25) is 5.02 Å². The van der Waals surface area contributed by atoms with Crippen LogP contribution in [0.15, 0.2) is 42.5 Å². The maximum atomic E-state index is 12.7. The van der Waals surface area contributed by atoms with Crippen LogP contribution in [-0.4, -0.2) is 24.1 Å². The second kappa shape index (κ2) is 8.23. The van der Waals surface area contributed by atoms with E-state index in [-0.39, 0.29) is 12.5 Å². The molecule has 0 aliphatic carbocycles. The summed E-state index contributed by atoms with van der Waals surface area (Å²) in [6.45, 7) is 7.21. The Kier molecular flexibility index (Phi) is 6.27. The summed E-state index contributed by atoms with van der Waals surface area (Å²) in [5.74, 6) is -0.234. The van der Waals surface area contributed by atoms with Crippen LogP contribution in [0.1, 0.15) is 36.7 Å². The first-order valence-corrected chi connectivity index (χ1v) is 8.64. The summed E-state index contributed by atoms with van der Waals surface area (Å²) in [6, 6.07) is 11.8. The molecule has 26 heavy (non-hydrogen) atoms. The zero-order valence-corrected chi connectivity index (χ0v) is 16.0. The average Bonchev–Trinajstić information content (AvgIpc) is 2.58. The van der Waals surface area contributed by atoms with E-state index in [1.54, 1.807) is 63.2 Å². The van der Waals surface area contributed by atoms with Crippen molar-refractivity contribution in [3.8, 4) is 5.75 Å². The third kappa shape index (κ3) is 4.99. The molecule has 0 atom stereocenters. The third-order valence-corrected chi connectivity index (χ3v) is 3.98. The standard InChI is InChI=1S/C20H22ClNO4/c1-5-25-18(23)14-7-6-13(2)17(12-14)22-19(24)20(3,4)26-16-10-8-15(21)9-11-16/h6-12H,5H2,1-4H3,(H,22,24). The molecule has 0 bridgehead atoms. The predicted octanol–water partition coefficient (Wildman–Crippen LogP) is 4.62. The van der Waals surface area contributed by atoms with Gasteiger partial charge in [0.05, 0.1) is 12.2 Å². The Labute approximate surface area is 158 Å². The van der Waals surface area contributed by atoms with Gasteiger partial charge in [-0.15, -0.1) is 0 Å². The highest BCUT2D eigenvalue weighted by Gasteiger charge is 2.30. The fourth-order valence-corrected chi connectivity index (χ4v) is 2.34. The predicted molar refractivity (Wildman–Crippen MR) is 102 cm³/mol. The zero-order chi connectivity index (χ0) is 19.3. The molecular weight excluding hydrogens is 354 g/mol. The molecule has 138 valence electrons. The van der Waals surface area contributed by atoms with E-state index in [2.05, 4.69) is 5.32 Å². The van der Waals surface area contributed by atoms with Crippen LogP contribution >= 0.6 is 11.6 Å². The number of amides is 1. The third-order valence-electron chi connectivity index (χ3n) is 3.73. The first-order valence-electron chi connectivity index (χ1n) is 8.26. The largest absolute Gasteiger partial charge is 0.478 e. The quantitative estimate of drug-likeness (QED) is 0.748. The van der Waals surface area contributed by atoms with E-state index in [4.69, 9.17) is 21.1 Å². The molecule has 0 spiro atoms. The van der Waals surface area contributed by atoms with Crippen molar-refractivity contribution in [2.45, 2.75) is 33.3 Å². The monoisotopic (exact) mass is 375 g/mol. The van der Waals surface area contributed by atoms with Gasteiger partial charge >= 0.3 is 5.97 Å². The highest BCUT2D eigenvalue weighted by atomic mass is 35.5. The second-order valence-electron chi connectivity index (χ2n) is 6.27. The van der Waals surface area contributed by atoms with Gasteiger partial charge in [-0.2, -0.15) is 0 Å². The molecule has 0 radical (unpaired) electrons. The van der Waals surface area contributed by atoms with E-state index in [9.17, 15) is 9.59 Å². The lowest BCUT2D eigenvalue weighted by molar-refractivity contribution is -0.128. The Bertz CT molecular complexity index is 800. The summed E-state index contributed by atoms with van der Waals surface area (Å²) in [6.07, 6.45) is 0. The highest BCUT2D eigenvalue weighted by molar-refractivity contribution is 6.30. The Morgan fingerprint density at radius 2 is 1.77 bits per heavy atom. The Balaban J connectivity index is 2.15. The minimum Gasteiger partial charge on any atom is -0.478 e. The number of hydrogen-bond acceptors (Lipinski definition) is 4. The Morgan fingerprint density at radius 3 is 2.38 bits per heavy atom. The molecule has 0 fully saturated rings. The van der Waals surface area contributed by atoms with Gasteiger partial charge in [-0.25, -0.2) is 4.79 Å². The number of carbonyl (C=O) groups is 2. The van der Waals surface area contributed by atoms with Crippen molar-refractivity contribution in [1.29, 1.82) is 0 Å². The molecule has 0 aliphatic heterocycles. The summed E-state index contributed by atoms with van der Waals surface area (Å²) in [5.41, 5.74) is 0.617. The molecule has 0 aromatic heterocycles. The van der Waals surface area contributed by atoms with Crippen molar-refractivity contribution in [3.63, 3.8) is 0 Å². The van der Waals surface area contributed by atoms with E-state index in [1.807, 2.05) is 6.92 Å². The fourth-order valence-electron chi connectivity index (χ4n) is 2.21. The van der Waals surface area contributed by atoms with Crippen molar-refractivity contribution in [3.05, 3.63) is 58.6 Å². The molecule has 0 unspecified atom stereocenters. The van der Waals surface area contributed by atoms with E-state index in [0.717, 1.165) is 5.56 Å². The lowest BCUT2D eigenvalue weighted by atomic mass is 10.1. The molecule has 1 amide bonds. The number of hydrogen-bond donors (Lipinski definition) is 1. The summed E-state index contributed by atoms with van der Waals surface area (Å²) in [5, 5.41) is 3.41. The minimum atomic E-state index is -1.12. The number of aryl methyl sites for hydroxylation is 1. The smallest absolute Gasteiger partial charge is 0.338 e. The molecule has 0 aliphatic rings. The van der Waals surface area contributed by atoms with E-state index >= 15 is 0 Å². The second-order valence-corrected chi connectivity index (χ2v) is 6.71. The molecule has 2 rings (SSSR count). The van der Waals surface area contributed by atoms with Crippen molar-refractivity contribution in [1.82, 2.24) is 0 Å². The summed E-state index contributed by atoms with van der Waals surface area (Å²) in [7, 11) is 0. The first-order chi connectivity index (χ1) is 12.2. The van der Waals surface area contributed by atoms with E-state index < -0.39 is 11.6 Å². The van der Waals surface area contributed by atoms with E-state index in [0.29, 0.717) is 22.0 Å². The molecule has 2 aromatic carbocycles. The summed E-state index contributed by atoms with van der Waals surface area (Å²) in [4.78, 5) is 24.6. The van der Waals surface area contributed by atoms with Crippen molar-refractivity contribution in [2.75, 3.05) is 11.9 Å². The molecule has 1 N–H and O–H groups in total. The number of ether oxygens (including phenoxy) is 2. The number of carbonyl (C=O) groups excluding carboxylic acids is 2. The van der Waals surface area contributed by atoms with E-state index in [1.165, 1.54) is 0 Å². The van der Waals surface area contributed by atoms with Gasteiger partial charge in [-0.1, -0.05) is 17.7 Å². The topological polar surface area (TPSA) is 64.6 Å². The molecule has 5 nitrogen and oxygen atoms in total. The van der Waals surface area contributed by atoms with Gasteiger partial charge in [-0.05, 0) is 69.7 Å². The number of benzene rings is 2. The Morgan fingerprint density at radius 1 is 1.12 bits per heavy atom. The van der Waals surface area contributed by atoms with Gasteiger partial charge < -0.3 is 14.8 Å². The lowest BCUT2D eigenvalue weighted by Crippen LogP contribution is -2.42. The van der Waals surface area contributed by atoms with Gasteiger partial charge in [0.25, 0.3) is 5.91 Å². The lowest BCUT2D eigenvalue weighted by Gasteiger charge is -2.26. The number of nitrogens with one attached hydrogen (secondary N) is 1. The zero-order valence-electron chi connectivity index (χ0n) is 15.3. The van der Waals surface area contributed by atoms with Gasteiger partial charge in [0.1, 0.15) is 5.75 Å². The van der Waals surface area contributed by atoms with Crippen molar-refractivity contribution >= 4 is 29.2 Å². The van der Waals surface area contributed by atoms with Crippen molar-refractivity contribution < 1.29 is 19.1 Å². The number of halogens is 1. The maximum absolute atomic E-state index is 12.7. The number of rotatable bonds is 6. The normalized spacial score (nSPS) is 11.0. The number of esters is 1. The summed E-state index contributed by atoms with van der Waals surface area (Å²) < 4.78 is 10.8. The highest BCUT2D eigenvalue weighted by Crippen LogP contribution is 2.24. The van der Waals surface area contributed by atoms with Crippen LogP contribution in [0.25, 0.3) is 0 Å². The number of anilines is 1. The minimum absolute atomic E-state index is 0.288. The van der Waals surface area contributed by atoms with Crippen LogP contribution in [0, 0.1) is 6.92 Å². The molecule has 0 saturated carbocycles. The molecule has 0 heterocycles. The molecular formula is C20H22ClNO4. The van der Waals surface area contributed by atoms with Crippen molar-refractivity contribution in [2.24, 2.45) is 0 Å². The average molecular weight is 376 g/mol. The van der Waals surface area contributed by atoms with Crippen LogP contribution in [0.3, 0.4) is 0 Å². The van der Waals surface area contributed by atoms with Gasteiger partial charge in [0.2, 0.25) is 0 Å². The first kappa shape index (κ1) is 19.8. The van der Waals surface area contributed by atoms with Gasteiger partial charge in [0.15, 0.2) is 5.60 Å². The molecule has 2 aromatic rings. The van der Waals surface area contributed by atoms with Crippen LogP contribution in [0.4, 0.5) is 5.69 Å². The van der Waals surface area contributed by atoms with Gasteiger partial charge in [-0.3, -0.25) is 4.79 Å². The summed E-state index contributed by atoms with van der Waals surface area (Å²) >= 11 is 5.86. The van der Waals surface area contributed by atoms with Gasteiger partial charge in [0, 0.05) is 10.7 Å². The van der Waals surface area contributed by atoms with Crippen LogP contribution < -0.4 is 10.1 Å². The SMILES string of the molecule is CCOC(=O)c1ccc(C)c(NC(=O)C(C)(C)Oc2ccc(Cl)cc2)c1.